The molecule has 23 atom stereocenters. The van der Waals surface area contributed by atoms with Crippen molar-refractivity contribution in [3.63, 3.8) is 0 Å². The highest BCUT2D eigenvalue weighted by Crippen LogP contribution is 2.76. The quantitative estimate of drug-likeness (QED) is 0.0454. The highest BCUT2D eigenvalue weighted by Gasteiger charge is 2.77. The molecule has 4 saturated carbocycles. The molecular formula is C53H82O20. The minimum Gasteiger partial charge on any atom is -0.469 e. The first-order chi connectivity index (χ1) is 34.1. The molecule has 0 unspecified atom stereocenters. The maximum absolute atomic E-state index is 14.5. The molecule has 414 valence electrons. The average Bonchev–Trinajstić information content (AvgIpc) is 3.36. The third-order valence-electron chi connectivity index (χ3n) is 19.9. The molecule has 8 N–H and O–H groups in total. The number of carbonyl (C=O) groups excluding carboxylic acids is 4. The second-order valence-electron chi connectivity index (χ2n) is 23.8. The van der Waals surface area contributed by atoms with E-state index in [9.17, 15) is 60.0 Å². The van der Waals surface area contributed by atoms with E-state index in [4.69, 9.17) is 37.9 Å². The largest absolute Gasteiger partial charge is 0.469 e. The summed E-state index contributed by atoms with van der Waals surface area (Å²) < 4.78 is 46.8. The molecule has 0 spiro atoms. The van der Waals surface area contributed by atoms with Gasteiger partial charge in [-0.15, -0.1) is 0 Å². The van der Waals surface area contributed by atoms with Crippen LogP contribution < -0.4 is 0 Å². The van der Waals surface area contributed by atoms with E-state index >= 15 is 0 Å². The van der Waals surface area contributed by atoms with E-state index in [1.54, 1.807) is 33.8 Å². The molecule has 7 rings (SSSR count). The number of allylic oxidation sites excluding steroid dienone is 2. The number of methoxy groups -OCH3 is 2. The van der Waals surface area contributed by atoms with Crippen LogP contribution in [0.5, 0.6) is 0 Å². The topological polar surface area (TPSA) is 304 Å². The standard InChI is InChI=1S/C53H82O20/c1-13-24(3)42(62)72-40-41(73-43(63)25(4)14-2)53(23-54)27(21-48(40,5)6)26-15-16-29-49(7)19-18-31(51(9,47(65)67-12)30(49)17-20-50(29,8)52(26,10)38(60)39(53)61)69-46-35(59)36(34(58)37(71-46)44(64)66-11)70-45-33(57)32(56)28(55)22-68-45/h13,15,25,27-41,45-46,54-61H,14,16-23H2,1-12H3/b24-13-/t25-,27+,28+,29+,30+,31+,32+,33-,34+,35+,36-,37-,38-,39+,40-,41-,45+,46-,49+,50+,51-,52+,53+/m1/s1. The Bertz CT molecular complexity index is 2150. The summed E-state index contributed by atoms with van der Waals surface area (Å²) in [6.45, 7) is 17.4. The molecule has 0 aromatic rings. The highest BCUT2D eigenvalue weighted by atomic mass is 16.7. The van der Waals surface area contributed by atoms with Crippen molar-refractivity contribution in [2.75, 3.05) is 27.4 Å². The molecule has 7 aliphatic rings. The molecular weight excluding hydrogens is 957 g/mol. The van der Waals surface area contributed by atoms with Crippen molar-refractivity contribution >= 4 is 23.9 Å². The highest BCUT2D eigenvalue weighted by molar-refractivity contribution is 5.88. The number of fused-ring (bicyclic) bond motifs is 7. The summed E-state index contributed by atoms with van der Waals surface area (Å²) in [5.74, 6) is -4.85. The Hall–Kier alpha value is -3.12. The molecule has 0 bridgehead atoms. The van der Waals surface area contributed by atoms with Gasteiger partial charge in [-0.05, 0) is 94.3 Å². The van der Waals surface area contributed by atoms with Gasteiger partial charge in [0, 0.05) is 16.4 Å². The van der Waals surface area contributed by atoms with Crippen LogP contribution >= 0.6 is 0 Å². The SMILES string of the molecule is C/C=C(/C)C(=O)O[C@@H]1[C@@H](OC(=O)[C@H](C)CC)[C@@]2(CO)[C@@H](CC1(C)C)C1=CC[C@H]3[C@]4(C)CC[C@H](O[C@@H]5O[C@@H](C(=O)OC)[C@@H](O)[C@@H](O[C@@H]6OC[C@H](O)[C@H](O)[C@H]6O)[C@@H]5O)[C@](C)(C(=O)OC)[C@H]4CC[C@]3(C)[C@]1(C)[C@H](O)[C@@H]2O. The fourth-order valence-electron chi connectivity index (χ4n) is 15.0. The molecule has 2 aliphatic heterocycles. The van der Waals surface area contributed by atoms with Gasteiger partial charge in [0.1, 0.15) is 42.7 Å². The van der Waals surface area contributed by atoms with E-state index in [-0.39, 0.29) is 18.8 Å². The number of aliphatic hydroxyl groups is 8. The molecule has 2 saturated heterocycles. The van der Waals surface area contributed by atoms with Crippen LogP contribution in [0.15, 0.2) is 23.3 Å². The van der Waals surface area contributed by atoms with E-state index in [0.29, 0.717) is 37.7 Å². The third-order valence-corrected chi connectivity index (χ3v) is 19.9. The predicted molar refractivity (Wildman–Crippen MR) is 255 cm³/mol. The molecule has 2 heterocycles. The molecule has 20 nitrogen and oxygen atoms in total. The van der Waals surface area contributed by atoms with Gasteiger partial charge in [0.2, 0.25) is 0 Å². The smallest absolute Gasteiger partial charge is 0.337 e. The first-order valence-electron chi connectivity index (χ1n) is 25.9. The Morgan fingerprint density at radius 3 is 2.10 bits per heavy atom. The fourth-order valence-corrected chi connectivity index (χ4v) is 15.0. The fraction of sp³-hybridized carbons (Fsp3) is 0.849. The van der Waals surface area contributed by atoms with Crippen molar-refractivity contribution in [2.24, 2.45) is 56.2 Å². The zero-order valence-electron chi connectivity index (χ0n) is 44.4. The van der Waals surface area contributed by atoms with Gasteiger partial charge >= 0.3 is 23.9 Å². The summed E-state index contributed by atoms with van der Waals surface area (Å²) in [6, 6.07) is 0. The van der Waals surface area contributed by atoms with Gasteiger partial charge in [0.25, 0.3) is 0 Å². The Morgan fingerprint density at radius 1 is 0.822 bits per heavy atom. The zero-order chi connectivity index (χ0) is 54.3. The Balaban J connectivity index is 1.25. The first-order valence-corrected chi connectivity index (χ1v) is 25.9. The molecule has 5 aliphatic carbocycles. The van der Waals surface area contributed by atoms with Gasteiger partial charge < -0.3 is 78.7 Å². The van der Waals surface area contributed by atoms with Crippen LogP contribution in [0.2, 0.25) is 0 Å². The van der Waals surface area contributed by atoms with Crippen LogP contribution in [0.3, 0.4) is 0 Å². The maximum Gasteiger partial charge on any atom is 0.337 e. The van der Waals surface area contributed by atoms with Crippen molar-refractivity contribution in [2.45, 2.75) is 200 Å². The van der Waals surface area contributed by atoms with Crippen LogP contribution in [0.4, 0.5) is 0 Å². The number of esters is 4. The molecule has 6 fully saturated rings. The van der Waals surface area contributed by atoms with Gasteiger partial charge in [0.05, 0.1) is 62.5 Å². The number of hydrogen-bond acceptors (Lipinski definition) is 20. The van der Waals surface area contributed by atoms with Gasteiger partial charge in [-0.1, -0.05) is 66.2 Å². The van der Waals surface area contributed by atoms with E-state index in [0.717, 1.165) is 12.7 Å². The van der Waals surface area contributed by atoms with Gasteiger partial charge in [-0.2, -0.15) is 0 Å². The summed E-state index contributed by atoms with van der Waals surface area (Å²) in [4.78, 5) is 55.0. The zero-order valence-corrected chi connectivity index (χ0v) is 44.4. The minimum absolute atomic E-state index is 0.183. The molecule has 0 radical (unpaired) electrons. The van der Waals surface area contributed by atoms with Crippen LogP contribution in [-0.4, -0.2) is 178 Å². The van der Waals surface area contributed by atoms with E-state index in [2.05, 4.69) is 19.9 Å². The number of hydrogen-bond donors (Lipinski definition) is 8. The Morgan fingerprint density at radius 2 is 1.49 bits per heavy atom. The lowest BCUT2D eigenvalue weighted by atomic mass is 9.32. The third kappa shape index (κ3) is 8.73. The van der Waals surface area contributed by atoms with Gasteiger partial charge in [0.15, 0.2) is 24.8 Å². The van der Waals surface area contributed by atoms with Crippen molar-refractivity contribution < 1.29 is 97.9 Å². The van der Waals surface area contributed by atoms with Crippen LogP contribution in [-0.2, 0) is 57.1 Å². The van der Waals surface area contributed by atoms with Crippen molar-refractivity contribution in [1.82, 2.24) is 0 Å². The van der Waals surface area contributed by atoms with Crippen molar-refractivity contribution in [3.8, 4) is 0 Å². The second kappa shape index (κ2) is 20.7. The van der Waals surface area contributed by atoms with Gasteiger partial charge in [-0.3, -0.25) is 9.59 Å². The van der Waals surface area contributed by atoms with Gasteiger partial charge in [-0.25, -0.2) is 9.59 Å². The number of ether oxygens (including phenoxy) is 8. The molecule has 73 heavy (non-hydrogen) atoms. The second-order valence-corrected chi connectivity index (χ2v) is 23.8. The summed E-state index contributed by atoms with van der Waals surface area (Å²) >= 11 is 0. The normalized spacial score (nSPS) is 47.8. The number of carbonyl (C=O) groups is 4. The van der Waals surface area contributed by atoms with Crippen molar-refractivity contribution in [1.29, 1.82) is 0 Å². The van der Waals surface area contributed by atoms with Crippen LogP contribution in [0, 0.1) is 56.2 Å². The lowest BCUT2D eigenvalue weighted by Gasteiger charge is -2.73. The molecule has 0 aromatic carbocycles. The minimum atomic E-state index is -1.90. The number of aliphatic hydroxyl groups excluding tert-OH is 8. The Labute approximate surface area is 427 Å². The molecule has 0 aromatic heterocycles. The molecule has 20 heteroatoms. The van der Waals surface area contributed by atoms with E-state index < -0.39 is 173 Å². The van der Waals surface area contributed by atoms with Crippen LogP contribution in [0.1, 0.15) is 114 Å². The summed E-state index contributed by atoms with van der Waals surface area (Å²) in [7, 11) is 2.33. The average molecular weight is 1040 g/mol. The summed E-state index contributed by atoms with van der Waals surface area (Å²) in [6.07, 6.45) is -16.1. The first kappa shape index (κ1) is 57.6. The summed E-state index contributed by atoms with van der Waals surface area (Å²) in [5, 5.41) is 91.9. The van der Waals surface area contributed by atoms with Crippen molar-refractivity contribution in [3.05, 3.63) is 23.3 Å². The number of rotatable bonds is 12. The predicted octanol–water partition coefficient (Wildman–Crippen LogP) is 1.76. The Kier molecular flexibility index (Phi) is 16.3. The lowest BCUT2D eigenvalue weighted by molar-refractivity contribution is -0.357. The monoisotopic (exact) mass is 1040 g/mol. The maximum atomic E-state index is 14.5. The van der Waals surface area contributed by atoms with E-state index in [1.807, 2.05) is 27.7 Å². The molecule has 0 amide bonds. The lowest BCUT2D eigenvalue weighted by Crippen LogP contribution is -2.76. The van der Waals surface area contributed by atoms with Crippen LogP contribution in [0.25, 0.3) is 0 Å². The summed E-state index contributed by atoms with van der Waals surface area (Å²) in [5.41, 5.74) is -5.54. The van der Waals surface area contributed by atoms with E-state index in [1.165, 1.54) is 7.11 Å².